The zero-order chi connectivity index (χ0) is 10.7. The Morgan fingerprint density at radius 3 is 2.33 bits per heavy atom. The summed E-state index contributed by atoms with van der Waals surface area (Å²) in [5.74, 6) is 0. The molecule has 1 heterocycles. The molecule has 0 spiro atoms. The highest BCUT2D eigenvalue weighted by atomic mass is 16.3. The minimum atomic E-state index is -0.366. The molecule has 2 rings (SSSR count). The average Bonchev–Trinajstić information content (AvgIpc) is 2.48. The third kappa shape index (κ3) is 2.94. The molecule has 0 radical (unpaired) electrons. The van der Waals surface area contributed by atoms with Crippen LogP contribution in [0.25, 0.3) is 0 Å². The summed E-state index contributed by atoms with van der Waals surface area (Å²) in [5, 5.41) is 10.6. The van der Waals surface area contributed by atoms with E-state index in [1.165, 1.54) is 45.1 Å². The van der Waals surface area contributed by atoms with Crippen LogP contribution in [0.4, 0.5) is 0 Å². The van der Waals surface area contributed by atoms with Crippen LogP contribution in [-0.4, -0.2) is 34.7 Å². The Balaban J connectivity index is 1.90. The van der Waals surface area contributed by atoms with E-state index in [0.717, 1.165) is 19.4 Å². The number of hydrogen-bond acceptors (Lipinski definition) is 2. The van der Waals surface area contributed by atoms with Gasteiger partial charge in [-0.15, -0.1) is 0 Å². The van der Waals surface area contributed by atoms with Crippen molar-refractivity contribution in [3.63, 3.8) is 0 Å². The van der Waals surface area contributed by atoms with E-state index in [0.29, 0.717) is 6.04 Å². The molecule has 1 aliphatic carbocycles. The molecule has 2 heteroatoms. The van der Waals surface area contributed by atoms with E-state index in [1.807, 2.05) is 0 Å². The Morgan fingerprint density at radius 1 is 1.13 bits per heavy atom. The van der Waals surface area contributed by atoms with Crippen molar-refractivity contribution in [1.82, 2.24) is 4.90 Å². The molecule has 0 aromatic rings. The maximum atomic E-state index is 10.6. The van der Waals surface area contributed by atoms with Crippen molar-refractivity contribution < 1.29 is 5.11 Å². The summed E-state index contributed by atoms with van der Waals surface area (Å²) in [7, 11) is 0. The summed E-state index contributed by atoms with van der Waals surface area (Å²) in [6.07, 6.45) is 9.76. The minimum Gasteiger partial charge on any atom is -0.389 e. The largest absolute Gasteiger partial charge is 0.389 e. The molecule has 2 aliphatic rings. The zero-order valence-electron chi connectivity index (χ0n) is 10.0. The number of rotatable bonds is 2. The molecule has 15 heavy (non-hydrogen) atoms. The van der Waals surface area contributed by atoms with Gasteiger partial charge in [0, 0.05) is 12.6 Å². The molecule has 1 N–H and O–H groups in total. The van der Waals surface area contributed by atoms with Gasteiger partial charge < -0.3 is 5.11 Å². The van der Waals surface area contributed by atoms with Gasteiger partial charge in [0.25, 0.3) is 0 Å². The molecule has 0 aromatic heterocycles. The van der Waals surface area contributed by atoms with Gasteiger partial charge in [0.2, 0.25) is 0 Å². The predicted octanol–water partition coefficient (Wildman–Crippen LogP) is 2.56. The number of hydrogen-bond donors (Lipinski definition) is 1. The Labute approximate surface area is 93.7 Å². The second-order valence-corrected chi connectivity index (χ2v) is 5.60. The lowest BCUT2D eigenvalue weighted by atomic mass is 9.93. The molecule has 1 atom stereocenters. The lowest BCUT2D eigenvalue weighted by molar-refractivity contribution is -0.0110. The maximum Gasteiger partial charge on any atom is 0.0774 e. The van der Waals surface area contributed by atoms with Crippen LogP contribution >= 0.6 is 0 Å². The van der Waals surface area contributed by atoms with E-state index in [1.54, 1.807) is 0 Å². The first kappa shape index (κ1) is 11.4. The SMILES string of the molecule is CC1CCCN1CC1(O)CCCCCC1. The van der Waals surface area contributed by atoms with Gasteiger partial charge in [0.15, 0.2) is 0 Å². The van der Waals surface area contributed by atoms with Crippen molar-refractivity contribution in [3.05, 3.63) is 0 Å². The fourth-order valence-electron chi connectivity index (χ4n) is 3.15. The first-order valence-corrected chi connectivity index (χ1v) is 6.66. The molecule has 2 fully saturated rings. The standard InChI is InChI=1S/C13H25NO/c1-12-7-6-10-14(12)11-13(15)8-4-2-3-5-9-13/h12,15H,2-11H2,1H3. The third-order valence-electron chi connectivity index (χ3n) is 4.22. The lowest BCUT2D eigenvalue weighted by Crippen LogP contribution is -2.44. The highest BCUT2D eigenvalue weighted by Crippen LogP contribution is 2.30. The van der Waals surface area contributed by atoms with Crippen LogP contribution in [-0.2, 0) is 0 Å². The van der Waals surface area contributed by atoms with Crippen molar-refractivity contribution >= 4 is 0 Å². The van der Waals surface area contributed by atoms with Crippen LogP contribution in [0.15, 0.2) is 0 Å². The highest BCUT2D eigenvalue weighted by Gasteiger charge is 2.33. The van der Waals surface area contributed by atoms with Crippen molar-refractivity contribution in [2.24, 2.45) is 0 Å². The van der Waals surface area contributed by atoms with Gasteiger partial charge in [-0.05, 0) is 39.2 Å². The Kier molecular flexibility index (Phi) is 3.68. The summed E-state index contributed by atoms with van der Waals surface area (Å²) in [6.45, 7) is 4.42. The van der Waals surface area contributed by atoms with E-state index in [-0.39, 0.29) is 5.60 Å². The molecule has 88 valence electrons. The fraction of sp³-hybridized carbons (Fsp3) is 1.00. The molecule has 2 nitrogen and oxygen atoms in total. The van der Waals surface area contributed by atoms with Crippen molar-refractivity contribution in [2.45, 2.75) is 69.9 Å². The van der Waals surface area contributed by atoms with Crippen LogP contribution in [0.5, 0.6) is 0 Å². The highest BCUT2D eigenvalue weighted by molar-refractivity contribution is 4.88. The van der Waals surface area contributed by atoms with Gasteiger partial charge in [-0.2, -0.15) is 0 Å². The maximum absolute atomic E-state index is 10.6. The van der Waals surface area contributed by atoms with Gasteiger partial charge in [0.1, 0.15) is 0 Å². The Morgan fingerprint density at radius 2 is 1.80 bits per heavy atom. The quantitative estimate of drug-likeness (QED) is 0.710. The second-order valence-electron chi connectivity index (χ2n) is 5.60. The average molecular weight is 211 g/mol. The van der Waals surface area contributed by atoms with Crippen LogP contribution in [0.1, 0.15) is 58.3 Å². The molecule has 1 saturated heterocycles. The molecule has 1 unspecified atom stereocenters. The second kappa shape index (κ2) is 4.84. The molecular formula is C13H25NO. The Bertz CT molecular complexity index is 197. The summed E-state index contributed by atoms with van der Waals surface area (Å²) in [5.41, 5.74) is -0.366. The van der Waals surface area contributed by atoms with E-state index < -0.39 is 0 Å². The van der Waals surface area contributed by atoms with E-state index >= 15 is 0 Å². The van der Waals surface area contributed by atoms with Gasteiger partial charge in [-0.3, -0.25) is 4.90 Å². The summed E-state index contributed by atoms with van der Waals surface area (Å²) in [6, 6.07) is 0.692. The van der Waals surface area contributed by atoms with E-state index in [4.69, 9.17) is 0 Å². The molecule has 0 aromatic carbocycles. The molecular weight excluding hydrogens is 186 g/mol. The van der Waals surface area contributed by atoms with Gasteiger partial charge >= 0.3 is 0 Å². The molecule has 0 amide bonds. The van der Waals surface area contributed by atoms with E-state index in [9.17, 15) is 5.11 Å². The van der Waals surface area contributed by atoms with Crippen molar-refractivity contribution in [1.29, 1.82) is 0 Å². The lowest BCUT2D eigenvalue weighted by Gasteiger charge is -2.33. The number of aliphatic hydroxyl groups is 1. The number of β-amino-alcohol motifs (C(OH)–C–C–N with tert-alkyl or cyclic N) is 1. The number of likely N-dealkylation sites (tertiary alicyclic amines) is 1. The predicted molar refractivity (Wildman–Crippen MR) is 62.9 cm³/mol. The smallest absolute Gasteiger partial charge is 0.0774 e. The number of nitrogens with zero attached hydrogens (tertiary/aromatic N) is 1. The summed E-state index contributed by atoms with van der Waals surface area (Å²) in [4.78, 5) is 2.49. The van der Waals surface area contributed by atoms with Crippen LogP contribution in [0.2, 0.25) is 0 Å². The first-order valence-electron chi connectivity index (χ1n) is 6.66. The monoisotopic (exact) mass is 211 g/mol. The molecule has 1 aliphatic heterocycles. The third-order valence-corrected chi connectivity index (χ3v) is 4.22. The fourth-order valence-corrected chi connectivity index (χ4v) is 3.15. The minimum absolute atomic E-state index is 0.366. The normalized spacial score (nSPS) is 32.8. The van der Waals surface area contributed by atoms with Gasteiger partial charge in [-0.1, -0.05) is 25.7 Å². The van der Waals surface area contributed by atoms with Crippen molar-refractivity contribution in [3.8, 4) is 0 Å². The van der Waals surface area contributed by atoms with Crippen LogP contribution in [0, 0.1) is 0 Å². The summed E-state index contributed by atoms with van der Waals surface area (Å²) < 4.78 is 0. The van der Waals surface area contributed by atoms with Crippen LogP contribution < -0.4 is 0 Å². The van der Waals surface area contributed by atoms with Crippen molar-refractivity contribution in [2.75, 3.05) is 13.1 Å². The Hall–Kier alpha value is -0.0800. The van der Waals surface area contributed by atoms with Gasteiger partial charge in [-0.25, -0.2) is 0 Å². The first-order chi connectivity index (χ1) is 7.20. The van der Waals surface area contributed by atoms with E-state index in [2.05, 4.69) is 11.8 Å². The summed E-state index contributed by atoms with van der Waals surface area (Å²) >= 11 is 0. The van der Waals surface area contributed by atoms with Gasteiger partial charge in [0.05, 0.1) is 5.60 Å². The topological polar surface area (TPSA) is 23.5 Å². The zero-order valence-corrected chi connectivity index (χ0v) is 10.0. The molecule has 1 saturated carbocycles. The molecule has 0 bridgehead atoms. The van der Waals surface area contributed by atoms with Crippen LogP contribution in [0.3, 0.4) is 0 Å².